The van der Waals surface area contributed by atoms with Crippen molar-refractivity contribution in [2.45, 2.75) is 44.6 Å². The van der Waals surface area contributed by atoms with Crippen LogP contribution in [0.2, 0.25) is 0 Å². The highest BCUT2D eigenvalue weighted by Crippen LogP contribution is 2.21. The van der Waals surface area contributed by atoms with E-state index in [1.807, 2.05) is 30.3 Å². The number of rotatable bonds is 14. The number of carbonyl (C=O) groups is 3. The van der Waals surface area contributed by atoms with Gasteiger partial charge in [-0.05, 0) is 37.7 Å². The fourth-order valence-electron chi connectivity index (χ4n) is 4.12. The molecule has 1 saturated heterocycles. The van der Waals surface area contributed by atoms with Gasteiger partial charge >= 0.3 is 5.97 Å². The summed E-state index contributed by atoms with van der Waals surface area (Å²) in [6, 6.07) is 9.56. The van der Waals surface area contributed by atoms with Crippen LogP contribution >= 0.6 is 0 Å². The number of likely N-dealkylation sites (tertiary alicyclic amines) is 1. The van der Waals surface area contributed by atoms with Gasteiger partial charge in [-0.3, -0.25) is 14.4 Å². The van der Waals surface area contributed by atoms with E-state index >= 15 is 0 Å². The molecule has 0 aromatic heterocycles. The van der Waals surface area contributed by atoms with Gasteiger partial charge in [-0.2, -0.15) is 0 Å². The van der Waals surface area contributed by atoms with Crippen molar-refractivity contribution in [1.29, 1.82) is 0 Å². The average molecular weight is 457 g/mol. The predicted octanol–water partition coefficient (Wildman–Crippen LogP) is 2.65. The summed E-state index contributed by atoms with van der Waals surface area (Å²) < 4.78 is 5.39. The maximum absolute atomic E-state index is 12.6. The van der Waals surface area contributed by atoms with E-state index in [0.29, 0.717) is 25.8 Å². The molecule has 0 bridgehead atoms. The van der Waals surface area contributed by atoms with E-state index in [0.717, 1.165) is 18.4 Å². The molecular weight excluding hydrogens is 420 g/mol. The molecule has 0 unspecified atom stereocenters. The molecule has 1 fully saturated rings. The Labute approximate surface area is 196 Å². The van der Waals surface area contributed by atoms with Gasteiger partial charge in [-0.15, -0.1) is 13.2 Å². The minimum absolute atomic E-state index is 0.0560. The number of aliphatic hydroxyl groups is 1. The smallest absolute Gasteiger partial charge is 0.309 e. The van der Waals surface area contributed by atoms with Gasteiger partial charge in [-0.25, -0.2) is 0 Å². The zero-order chi connectivity index (χ0) is 24.1. The summed E-state index contributed by atoms with van der Waals surface area (Å²) in [6.45, 7) is 8.18. The molecule has 0 radical (unpaired) electrons. The van der Waals surface area contributed by atoms with Crippen LogP contribution in [0.3, 0.4) is 0 Å². The van der Waals surface area contributed by atoms with Crippen LogP contribution in [0.5, 0.6) is 0 Å². The first kappa shape index (κ1) is 26.3. The van der Waals surface area contributed by atoms with E-state index in [1.54, 1.807) is 17.1 Å². The number of esters is 1. The van der Waals surface area contributed by atoms with E-state index in [-0.39, 0.29) is 55.9 Å². The Morgan fingerprint density at radius 2 is 1.85 bits per heavy atom. The standard InChI is InChI=1S/C26H36N2O5/c1-3-9-21(18-24(30)28-15-8-13-23(28)19-29)25(31)27-14-16-33-26(32)22(10-4-2)17-20-11-6-5-7-12-20/h3-7,11-12,21-23,29H,1-2,8-10,13-19H2,(H,27,31)/t21-,22-,23+/m1/s1. The molecule has 2 rings (SSSR count). The summed E-state index contributed by atoms with van der Waals surface area (Å²) in [6.07, 6.45) is 6.46. The molecule has 180 valence electrons. The van der Waals surface area contributed by atoms with Crippen molar-refractivity contribution in [2.75, 3.05) is 26.3 Å². The van der Waals surface area contributed by atoms with Gasteiger partial charge in [0.1, 0.15) is 6.61 Å². The number of nitrogens with zero attached hydrogens (tertiary/aromatic N) is 1. The van der Waals surface area contributed by atoms with Crippen LogP contribution in [-0.4, -0.2) is 60.1 Å². The molecule has 2 N–H and O–H groups in total. The molecule has 1 aliphatic heterocycles. The van der Waals surface area contributed by atoms with Crippen molar-refractivity contribution in [2.24, 2.45) is 11.8 Å². The summed E-state index contributed by atoms with van der Waals surface area (Å²) in [4.78, 5) is 39.4. The van der Waals surface area contributed by atoms with Crippen molar-refractivity contribution in [1.82, 2.24) is 10.2 Å². The molecule has 1 aromatic rings. The lowest BCUT2D eigenvalue weighted by Crippen LogP contribution is -2.41. The molecular formula is C26H36N2O5. The molecule has 1 aromatic carbocycles. The Morgan fingerprint density at radius 3 is 2.52 bits per heavy atom. The Bertz CT molecular complexity index is 795. The zero-order valence-electron chi connectivity index (χ0n) is 19.3. The van der Waals surface area contributed by atoms with E-state index in [2.05, 4.69) is 18.5 Å². The predicted molar refractivity (Wildman–Crippen MR) is 127 cm³/mol. The second kappa shape index (κ2) is 14.3. The lowest BCUT2D eigenvalue weighted by molar-refractivity contribution is -0.148. The quantitative estimate of drug-likeness (QED) is 0.255. The number of aliphatic hydroxyl groups excluding tert-OH is 1. The van der Waals surface area contributed by atoms with Gasteiger partial charge in [0.15, 0.2) is 0 Å². The fourth-order valence-corrected chi connectivity index (χ4v) is 4.12. The van der Waals surface area contributed by atoms with Crippen LogP contribution in [0.1, 0.15) is 37.7 Å². The van der Waals surface area contributed by atoms with Crippen molar-refractivity contribution in [3.63, 3.8) is 0 Å². The van der Waals surface area contributed by atoms with Gasteiger partial charge in [0, 0.05) is 13.0 Å². The second-order valence-electron chi connectivity index (χ2n) is 8.36. The number of amides is 2. The highest BCUT2D eigenvalue weighted by molar-refractivity contribution is 5.86. The van der Waals surface area contributed by atoms with Crippen LogP contribution < -0.4 is 5.32 Å². The molecule has 33 heavy (non-hydrogen) atoms. The number of allylic oxidation sites excluding steroid dienone is 2. The average Bonchev–Trinajstić information content (AvgIpc) is 3.31. The van der Waals surface area contributed by atoms with E-state index in [4.69, 9.17) is 4.74 Å². The normalized spacial score (nSPS) is 17.1. The van der Waals surface area contributed by atoms with E-state index < -0.39 is 5.92 Å². The maximum atomic E-state index is 12.6. The van der Waals surface area contributed by atoms with Crippen molar-refractivity contribution < 1.29 is 24.2 Å². The third kappa shape index (κ3) is 8.50. The van der Waals surface area contributed by atoms with Gasteiger partial charge in [0.25, 0.3) is 0 Å². The monoisotopic (exact) mass is 456 g/mol. The first-order valence-corrected chi connectivity index (χ1v) is 11.6. The Balaban J connectivity index is 1.79. The largest absolute Gasteiger partial charge is 0.464 e. The number of carbonyl (C=O) groups excluding carboxylic acids is 3. The number of hydrogen-bond acceptors (Lipinski definition) is 5. The highest BCUT2D eigenvalue weighted by Gasteiger charge is 2.31. The van der Waals surface area contributed by atoms with Crippen molar-refractivity contribution >= 4 is 17.8 Å². The summed E-state index contributed by atoms with van der Waals surface area (Å²) >= 11 is 0. The van der Waals surface area contributed by atoms with Crippen molar-refractivity contribution in [3.05, 3.63) is 61.2 Å². The van der Waals surface area contributed by atoms with Gasteiger partial charge in [0.2, 0.25) is 11.8 Å². The molecule has 7 nitrogen and oxygen atoms in total. The lowest BCUT2D eigenvalue weighted by Gasteiger charge is -2.25. The number of hydrogen-bond donors (Lipinski definition) is 2. The molecule has 0 aliphatic carbocycles. The van der Waals surface area contributed by atoms with Crippen LogP contribution in [-0.2, 0) is 25.5 Å². The molecule has 0 spiro atoms. The number of ether oxygens (including phenoxy) is 1. The van der Waals surface area contributed by atoms with Crippen LogP contribution in [0.4, 0.5) is 0 Å². The number of nitrogens with one attached hydrogen (secondary N) is 1. The van der Waals surface area contributed by atoms with Crippen LogP contribution in [0.15, 0.2) is 55.6 Å². The zero-order valence-corrected chi connectivity index (χ0v) is 19.3. The highest BCUT2D eigenvalue weighted by atomic mass is 16.5. The Hall–Kier alpha value is -2.93. The van der Waals surface area contributed by atoms with Gasteiger partial charge in [0.05, 0.1) is 31.0 Å². The lowest BCUT2D eigenvalue weighted by atomic mass is 9.96. The molecule has 1 heterocycles. The van der Waals surface area contributed by atoms with E-state index in [9.17, 15) is 19.5 Å². The topological polar surface area (TPSA) is 95.9 Å². The first-order chi connectivity index (χ1) is 16.0. The third-order valence-corrected chi connectivity index (χ3v) is 5.91. The van der Waals surface area contributed by atoms with Crippen LogP contribution in [0, 0.1) is 11.8 Å². The minimum atomic E-state index is -0.544. The van der Waals surface area contributed by atoms with Crippen LogP contribution in [0.25, 0.3) is 0 Å². The molecule has 0 saturated carbocycles. The van der Waals surface area contributed by atoms with E-state index in [1.165, 1.54) is 0 Å². The summed E-state index contributed by atoms with van der Waals surface area (Å²) in [5, 5.41) is 12.2. The first-order valence-electron chi connectivity index (χ1n) is 11.6. The summed E-state index contributed by atoms with van der Waals surface area (Å²) in [5.74, 6) is -1.60. The summed E-state index contributed by atoms with van der Waals surface area (Å²) in [7, 11) is 0. The maximum Gasteiger partial charge on any atom is 0.309 e. The number of benzene rings is 1. The molecule has 1 aliphatic rings. The molecule has 2 amide bonds. The Kier molecular flexibility index (Phi) is 11.4. The fraction of sp³-hybridized carbons (Fsp3) is 0.500. The third-order valence-electron chi connectivity index (χ3n) is 5.91. The van der Waals surface area contributed by atoms with Crippen molar-refractivity contribution in [3.8, 4) is 0 Å². The SMILES string of the molecule is C=CC[C@H](CC(=O)N1CCC[C@H]1CO)C(=O)NCCOC(=O)[C@H](CC=C)Cc1ccccc1. The van der Waals surface area contributed by atoms with Gasteiger partial charge in [-0.1, -0.05) is 42.5 Å². The molecule has 7 heteroatoms. The second-order valence-corrected chi connectivity index (χ2v) is 8.36. The summed E-state index contributed by atoms with van der Waals surface area (Å²) in [5.41, 5.74) is 1.05. The molecule has 3 atom stereocenters. The van der Waals surface area contributed by atoms with Gasteiger partial charge < -0.3 is 20.1 Å². The Morgan fingerprint density at radius 1 is 1.15 bits per heavy atom. The minimum Gasteiger partial charge on any atom is -0.464 e.